The molecule has 1 fully saturated rings. The fraction of sp³-hybridized carbons (Fsp3) is 0.375. The molecule has 0 saturated carbocycles. The highest BCUT2D eigenvalue weighted by Gasteiger charge is 2.46. The van der Waals surface area contributed by atoms with Crippen LogP contribution in [-0.2, 0) is 16.5 Å². The lowest BCUT2D eigenvalue weighted by Crippen LogP contribution is -2.51. The maximum absolute atomic E-state index is 12.9. The molecule has 1 aliphatic heterocycles. The first-order valence-corrected chi connectivity index (χ1v) is 8.66. The average Bonchev–Trinajstić information content (AvgIpc) is 3.12. The van der Waals surface area contributed by atoms with Crippen LogP contribution in [0.3, 0.4) is 0 Å². The Bertz CT molecular complexity index is 785. The summed E-state index contributed by atoms with van der Waals surface area (Å²) < 4.78 is 44.1. The Balaban J connectivity index is 2.17. The van der Waals surface area contributed by atoms with Crippen LogP contribution in [-0.4, -0.2) is 36.2 Å². The van der Waals surface area contributed by atoms with Gasteiger partial charge >= 0.3 is 6.18 Å². The molecule has 25 heavy (non-hydrogen) atoms. The van der Waals surface area contributed by atoms with Gasteiger partial charge in [0.15, 0.2) is 5.54 Å². The highest BCUT2D eigenvalue weighted by molar-refractivity contribution is 7.10. The second kappa shape index (κ2) is 6.92. The van der Waals surface area contributed by atoms with Gasteiger partial charge in [0.1, 0.15) is 0 Å². The maximum atomic E-state index is 12.9. The molecule has 0 amide bonds. The summed E-state index contributed by atoms with van der Waals surface area (Å²) in [6, 6.07) is 6.62. The van der Waals surface area contributed by atoms with Crippen molar-refractivity contribution in [1.82, 2.24) is 9.88 Å². The number of rotatable bonds is 3. The van der Waals surface area contributed by atoms with Gasteiger partial charge in [-0.25, -0.2) is 0 Å². The summed E-state index contributed by atoms with van der Waals surface area (Å²) in [5.41, 5.74) is -2.19. The number of nitriles is 1. The van der Waals surface area contributed by atoms with Crippen LogP contribution < -0.4 is 0 Å². The summed E-state index contributed by atoms with van der Waals surface area (Å²) in [4.78, 5) is 6.48. The highest BCUT2D eigenvalue weighted by Crippen LogP contribution is 2.42. The van der Waals surface area contributed by atoms with Crippen LogP contribution >= 0.6 is 22.9 Å². The van der Waals surface area contributed by atoms with Crippen LogP contribution in [0.15, 0.2) is 29.8 Å². The lowest BCUT2D eigenvalue weighted by molar-refractivity contribution is -0.137. The number of halogens is 4. The molecule has 0 bridgehead atoms. The minimum atomic E-state index is -4.55. The first kappa shape index (κ1) is 18.1. The van der Waals surface area contributed by atoms with Crippen LogP contribution in [0.4, 0.5) is 13.2 Å². The minimum absolute atomic E-state index is 0.106. The van der Waals surface area contributed by atoms with Crippen molar-refractivity contribution in [3.63, 3.8) is 0 Å². The Labute approximate surface area is 151 Å². The molecule has 2 aromatic heterocycles. The standard InChI is InChI=1S/C16H13ClF3N3OS/c17-12-8-11(16(18,19)20)9-22-14(12)15(10-21,13-2-1-7-25-13)23-3-5-24-6-4-23/h1-2,7-9H,3-6H2/t15-/m0/s1. The largest absolute Gasteiger partial charge is 0.417 e. The summed E-state index contributed by atoms with van der Waals surface area (Å²) in [5, 5.41) is 11.7. The molecule has 3 heterocycles. The predicted octanol–water partition coefficient (Wildman–Crippen LogP) is 3.91. The molecule has 3 rings (SSSR count). The quantitative estimate of drug-likeness (QED) is 0.801. The van der Waals surface area contributed by atoms with Crippen LogP contribution in [0.25, 0.3) is 0 Å². The monoisotopic (exact) mass is 387 g/mol. The summed E-state index contributed by atoms with van der Waals surface area (Å²) >= 11 is 7.50. The molecular weight excluding hydrogens is 375 g/mol. The van der Waals surface area contributed by atoms with E-state index in [2.05, 4.69) is 11.1 Å². The number of pyridine rings is 1. The molecule has 9 heteroatoms. The third kappa shape index (κ3) is 3.25. The van der Waals surface area contributed by atoms with Crippen molar-refractivity contribution in [3.05, 3.63) is 50.9 Å². The summed E-state index contributed by atoms with van der Waals surface area (Å²) in [6.07, 6.45) is -3.83. The summed E-state index contributed by atoms with van der Waals surface area (Å²) in [5.74, 6) is 0. The fourth-order valence-corrected chi connectivity index (χ4v) is 4.05. The van der Waals surface area contributed by atoms with Gasteiger partial charge < -0.3 is 4.74 Å². The third-order valence-electron chi connectivity index (χ3n) is 4.04. The highest BCUT2D eigenvalue weighted by atomic mass is 35.5. The summed E-state index contributed by atoms with van der Waals surface area (Å²) in [6.45, 7) is 1.75. The van der Waals surface area contributed by atoms with Crippen LogP contribution in [0.1, 0.15) is 16.1 Å². The molecule has 1 saturated heterocycles. The van der Waals surface area contributed by atoms with Crippen molar-refractivity contribution >= 4 is 22.9 Å². The van der Waals surface area contributed by atoms with Crippen molar-refractivity contribution < 1.29 is 17.9 Å². The second-order valence-corrected chi connectivity index (χ2v) is 6.81. The number of alkyl halides is 3. The molecule has 0 N–H and O–H groups in total. The SMILES string of the molecule is N#C[C@](c1cccs1)(c1ncc(C(F)(F)F)cc1Cl)N1CCOCC1. The zero-order valence-electron chi connectivity index (χ0n) is 12.9. The Morgan fingerprint density at radius 1 is 1.32 bits per heavy atom. The maximum Gasteiger partial charge on any atom is 0.417 e. The molecule has 0 unspecified atom stereocenters. The Morgan fingerprint density at radius 2 is 2.04 bits per heavy atom. The van der Waals surface area contributed by atoms with Gasteiger partial charge in [-0.05, 0) is 17.5 Å². The smallest absolute Gasteiger partial charge is 0.379 e. The molecule has 1 atom stereocenters. The van der Waals surface area contributed by atoms with Gasteiger partial charge in [-0.15, -0.1) is 11.3 Å². The molecule has 0 aliphatic carbocycles. The van der Waals surface area contributed by atoms with E-state index in [1.165, 1.54) is 11.3 Å². The lowest BCUT2D eigenvalue weighted by Gasteiger charge is -2.40. The van der Waals surface area contributed by atoms with Crippen LogP contribution in [0.5, 0.6) is 0 Å². The first-order chi connectivity index (χ1) is 11.9. The third-order valence-corrected chi connectivity index (χ3v) is 5.30. The Kier molecular flexibility index (Phi) is 5.02. The van der Waals surface area contributed by atoms with Crippen molar-refractivity contribution in [2.75, 3.05) is 26.3 Å². The molecule has 2 aromatic rings. The van der Waals surface area contributed by atoms with Gasteiger partial charge in [-0.3, -0.25) is 9.88 Å². The summed E-state index contributed by atoms with van der Waals surface area (Å²) in [7, 11) is 0. The van der Waals surface area contributed by atoms with E-state index in [0.29, 0.717) is 31.2 Å². The topological polar surface area (TPSA) is 49.2 Å². The molecule has 0 spiro atoms. The second-order valence-electron chi connectivity index (χ2n) is 5.45. The van der Waals surface area contributed by atoms with E-state index in [0.717, 1.165) is 12.3 Å². The van der Waals surface area contributed by atoms with E-state index in [4.69, 9.17) is 16.3 Å². The van der Waals surface area contributed by atoms with Crippen LogP contribution in [0.2, 0.25) is 5.02 Å². The average molecular weight is 388 g/mol. The normalized spacial score (nSPS) is 18.5. The van der Waals surface area contributed by atoms with Gasteiger partial charge in [-0.1, -0.05) is 17.7 Å². The molecule has 132 valence electrons. The van der Waals surface area contributed by atoms with Gasteiger partial charge in [-0.2, -0.15) is 18.4 Å². The molecular formula is C16H13ClF3N3OS. The van der Waals surface area contributed by atoms with E-state index in [1.807, 2.05) is 4.90 Å². The number of aromatic nitrogens is 1. The number of thiophene rings is 1. The number of nitrogens with zero attached hydrogens (tertiary/aromatic N) is 3. The zero-order valence-corrected chi connectivity index (χ0v) is 14.5. The Hall–Kier alpha value is -1.66. The minimum Gasteiger partial charge on any atom is -0.379 e. The zero-order chi connectivity index (χ0) is 18.1. The Morgan fingerprint density at radius 3 is 2.56 bits per heavy atom. The number of morpholine rings is 1. The van der Waals surface area contributed by atoms with Gasteiger partial charge in [0, 0.05) is 24.2 Å². The van der Waals surface area contributed by atoms with Gasteiger partial charge in [0.05, 0.1) is 35.6 Å². The van der Waals surface area contributed by atoms with E-state index in [1.54, 1.807) is 17.5 Å². The van der Waals surface area contributed by atoms with Crippen molar-refractivity contribution in [2.45, 2.75) is 11.7 Å². The van der Waals surface area contributed by atoms with Gasteiger partial charge in [0.2, 0.25) is 0 Å². The molecule has 0 radical (unpaired) electrons. The van der Waals surface area contributed by atoms with Crippen molar-refractivity contribution in [1.29, 1.82) is 5.26 Å². The molecule has 0 aromatic carbocycles. The lowest BCUT2D eigenvalue weighted by atomic mass is 9.90. The van der Waals surface area contributed by atoms with E-state index >= 15 is 0 Å². The molecule has 4 nitrogen and oxygen atoms in total. The van der Waals surface area contributed by atoms with Crippen molar-refractivity contribution in [3.8, 4) is 6.07 Å². The number of hydrogen-bond donors (Lipinski definition) is 0. The molecule has 1 aliphatic rings. The predicted molar refractivity (Wildman–Crippen MR) is 87.4 cm³/mol. The van der Waals surface area contributed by atoms with Gasteiger partial charge in [0.25, 0.3) is 0 Å². The van der Waals surface area contributed by atoms with E-state index < -0.39 is 17.3 Å². The number of ether oxygens (including phenoxy) is 1. The van der Waals surface area contributed by atoms with Crippen LogP contribution in [0, 0.1) is 11.3 Å². The fourth-order valence-electron chi connectivity index (χ4n) is 2.84. The first-order valence-electron chi connectivity index (χ1n) is 7.41. The van der Waals surface area contributed by atoms with Crippen molar-refractivity contribution in [2.24, 2.45) is 0 Å². The van der Waals surface area contributed by atoms with E-state index in [9.17, 15) is 18.4 Å². The number of hydrogen-bond acceptors (Lipinski definition) is 5. The van der Waals surface area contributed by atoms with E-state index in [-0.39, 0.29) is 10.7 Å².